The van der Waals surface area contributed by atoms with Crippen LogP contribution in [0.2, 0.25) is 0 Å². The van der Waals surface area contributed by atoms with Gasteiger partial charge in [0.1, 0.15) is 0 Å². The predicted molar refractivity (Wildman–Crippen MR) is 59.2 cm³/mol. The van der Waals surface area contributed by atoms with Gasteiger partial charge in [0, 0.05) is 37.3 Å². The van der Waals surface area contributed by atoms with Crippen molar-refractivity contribution in [2.45, 2.75) is 25.8 Å². The lowest BCUT2D eigenvalue weighted by atomic mass is 10.2. The smallest absolute Gasteiger partial charge is 0.218 e. The Morgan fingerprint density at radius 3 is 3.00 bits per heavy atom. The van der Waals surface area contributed by atoms with Crippen molar-refractivity contribution in [3.63, 3.8) is 0 Å². The number of nitrogens with zero attached hydrogens (tertiary/aromatic N) is 1. The van der Waals surface area contributed by atoms with Crippen LogP contribution in [0.15, 0.2) is 24.4 Å². The maximum Gasteiger partial charge on any atom is 0.218 e. The summed E-state index contributed by atoms with van der Waals surface area (Å²) in [6.45, 7) is 2.76. The molecule has 3 N–H and O–H groups in total. The molecule has 4 heteroatoms. The van der Waals surface area contributed by atoms with Crippen LogP contribution in [0, 0.1) is 0 Å². The number of nitrogens with one attached hydrogen (secondary N) is 1. The van der Waals surface area contributed by atoms with Gasteiger partial charge >= 0.3 is 0 Å². The van der Waals surface area contributed by atoms with Crippen LogP contribution in [0.4, 0.5) is 0 Å². The molecule has 4 nitrogen and oxygen atoms in total. The maximum atomic E-state index is 10.6. The maximum absolute atomic E-state index is 10.6. The Balaban J connectivity index is 2.19. The van der Waals surface area contributed by atoms with Crippen molar-refractivity contribution in [2.75, 3.05) is 6.54 Å². The van der Waals surface area contributed by atoms with Crippen molar-refractivity contribution in [1.82, 2.24) is 10.3 Å². The molecular formula is C11H17N3O. The van der Waals surface area contributed by atoms with Crippen LogP contribution in [0.1, 0.15) is 19.0 Å². The predicted octanol–water partition coefficient (Wildman–Crippen LogP) is 0.478. The molecule has 0 aliphatic heterocycles. The molecule has 15 heavy (non-hydrogen) atoms. The highest BCUT2D eigenvalue weighted by atomic mass is 16.1. The van der Waals surface area contributed by atoms with E-state index in [9.17, 15) is 4.79 Å². The van der Waals surface area contributed by atoms with E-state index < -0.39 is 0 Å². The number of pyridine rings is 1. The molecule has 1 rings (SSSR count). The lowest BCUT2D eigenvalue weighted by Crippen LogP contribution is -2.32. The summed E-state index contributed by atoms with van der Waals surface area (Å²) in [5.41, 5.74) is 6.14. The van der Waals surface area contributed by atoms with Crippen LogP contribution >= 0.6 is 0 Å². The Labute approximate surface area is 89.9 Å². The van der Waals surface area contributed by atoms with Gasteiger partial charge < -0.3 is 11.1 Å². The molecule has 0 aliphatic carbocycles. The fourth-order valence-corrected chi connectivity index (χ4v) is 1.37. The third-order valence-corrected chi connectivity index (χ3v) is 2.11. The number of primary amides is 1. The van der Waals surface area contributed by atoms with E-state index >= 15 is 0 Å². The SMILES string of the molecule is CC(CC(N)=O)NCCc1ccccn1. The number of rotatable bonds is 6. The molecule has 0 aromatic carbocycles. The highest BCUT2D eigenvalue weighted by Gasteiger charge is 2.04. The van der Waals surface area contributed by atoms with Crippen molar-refractivity contribution < 1.29 is 4.79 Å². The van der Waals surface area contributed by atoms with Crippen LogP contribution in [-0.4, -0.2) is 23.5 Å². The number of hydrogen-bond acceptors (Lipinski definition) is 3. The van der Waals surface area contributed by atoms with Gasteiger partial charge in [-0.25, -0.2) is 0 Å². The number of carbonyl (C=O) groups is 1. The van der Waals surface area contributed by atoms with E-state index in [-0.39, 0.29) is 11.9 Å². The van der Waals surface area contributed by atoms with E-state index in [1.807, 2.05) is 25.1 Å². The lowest BCUT2D eigenvalue weighted by molar-refractivity contribution is -0.118. The molecule has 1 atom stereocenters. The van der Waals surface area contributed by atoms with Gasteiger partial charge in [0.15, 0.2) is 0 Å². The van der Waals surface area contributed by atoms with Crippen LogP contribution in [-0.2, 0) is 11.2 Å². The van der Waals surface area contributed by atoms with Gasteiger partial charge in [-0.3, -0.25) is 9.78 Å². The highest BCUT2D eigenvalue weighted by Crippen LogP contribution is 1.94. The highest BCUT2D eigenvalue weighted by molar-refractivity contribution is 5.74. The summed E-state index contributed by atoms with van der Waals surface area (Å²) in [6.07, 6.45) is 3.02. The van der Waals surface area contributed by atoms with Crippen molar-refractivity contribution in [3.8, 4) is 0 Å². The number of carbonyl (C=O) groups excluding carboxylic acids is 1. The molecule has 0 spiro atoms. The summed E-state index contributed by atoms with van der Waals surface area (Å²) >= 11 is 0. The summed E-state index contributed by atoms with van der Waals surface area (Å²) < 4.78 is 0. The molecule has 1 heterocycles. The van der Waals surface area contributed by atoms with Gasteiger partial charge in [0.2, 0.25) is 5.91 Å². The standard InChI is InChI=1S/C11H17N3O/c1-9(8-11(12)15)13-7-5-10-4-2-3-6-14-10/h2-4,6,9,13H,5,7-8H2,1H3,(H2,12,15). The molecular weight excluding hydrogens is 190 g/mol. The molecule has 1 amide bonds. The molecule has 1 unspecified atom stereocenters. The summed E-state index contributed by atoms with van der Waals surface area (Å²) in [5, 5.41) is 3.22. The average Bonchev–Trinajstić information content (AvgIpc) is 2.18. The summed E-state index contributed by atoms with van der Waals surface area (Å²) in [6, 6.07) is 5.98. The van der Waals surface area contributed by atoms with E-state index in [1.165, 1.54) is 0 Å². The molecule has 0 bridgehead atoms. The Morgan fingerprint density at radius 2 is 2.40 bits per heavy atom. The molecule has 0 aliphatic rings. The normalized spacial score (nSPS) is 12.3. The summed E-state index contributed by atoms with van der Waals surface area (Å²) in [7, 11) is 0. The Bertz CT molecular complexity index is 300. The molecule has 1 aromatic rings. The van der Waals surface area contributed by atoms with Crippen molar-refractivity contribution in [2.24, 2.45) is 5.73 Å². The largest absolute Gasteiger partial charge is 0.370 e. The second-order valence-corrected chi connectivity index (χ2v) is 3.60. The first-order chi connectivity index (χ1) is 7.18. The van der Waals surface area contributed by atoms with Crippen LogP contribution in [0.5, 0.6) is 0 Å². The number of amides is 1. The van der Waals surface area contributed by atoms with E-state index in [0.717, 1.165) is 18.7 Å². The van der Waals surface area contributed by atoms with Gasteiger partial charge in [0.05, 0.1) is 0 Å². The zero-order valence-corrected chi connectivity index (χ0v) is 8.94. The number of hydrogen-bond donors (Lipinski definition) is 2. The third-order valence-electron chi connectivity index (χ3n) is 2.11. The number of nitrogens with two attached hydrogens (primary N) is 1. The Kier molecular flexibility index (Phi) is 4.77. The minimum absolute atomic E-state index is 0.131. The molecule has 0 saturated carbocycles. The summed E-state index contributed by atoms with van der Waals surface area (Å²) in [4.78, 5) is 14.8. The fraction of sp³-hybridized carbons (Fsp3) is 0.455. The van der Waals surface area contributed by atoms with E-state index in [0.29, 0.717) is 6.42 Å². The van der Waals surface area contributed by atoms with E-state index in [2.05, 4.69) is 10.3 Å². The molecule has 0 radical (unpaired) electrons. The van der Waals surface area contributed by atoms with Gasteiger partial charge in [-0.2, -0.15) is 0 Å². The van der Waals surface area contributed by atoms with E-state index in [1.54, 1.807) is 6.20 Å². The number of aromatic nitrogens is 1. The minimum atomic E-state index is -0.271. The molecule has 0 saturated heterocycles. The van der Waals surface area contributed by atoms with Gasteiger partial charge in [-0.1, -0.05) is 6.07 Å². The lowest BCUT2D eigenvalue weighted by Gasteiger charge is -2.11. The zero-order valence-electron chi connectivity index (χ0n) is 8.94. The van der Waals surface area contributed by atoms with E-state index in [4.69, 9.17) is 5.73 Å². The topological polar surface area (TPSA) is 68.0 Å². The van der Waals surface area contributed by atoms with Crippen LogP contribution in [0.25, 0.3) is 0 Å². The Hall–Kier alpha value is -1.42. The van der Waals surface area contributed by atoms with Crippen LogP contribution in [0.3, 0.4) is 0 Å². The zero-order chi connectivity index (χ0) is 11.1. The molecule has 1 aromatic heterocycles. The fourth-order valence-electron chi connectivity index (χ4n) is 1.37. The third kappa shape index (κ3) is 5.12. The second-order valence-electron chi connectivity index (χ2n) is 3.60. The van der Waals surface area contributed by atoms with Gasteiger partial charge in [-0.15, -0.1) is 0 Å². The van der Waals surface area contributed by atoms with Crippen LogP contribution < -0.4 is 11.1 Å². The van der Waals surface area contributed by atoms with Gasteiger partial charge in [0.25, 0.3) is 0 Å². The summed E-state index contributed by atoms with van der Waals surface area (Å²) in [5.74, 6) is -0.271. The second kappa shape index (κ2) is 6.14. The van der Waals surface area contributed by atoms with Crippen molar-refractivity contribution in [1.29, 1.82) is 0 Å². The molecule has 0 fully saturated rings. The Morgan fingerprint density at radius 1 is 1.60 bits per heavy atom. The quantitative estimate of drug-likeness (QED) is 0.713. The first kappa shape index (κ1) is 11.7. The van der Waals surface area contributed by atoms with Crippen molar-refractivity contribution in [3.05, 3.63) is 30.1 Å². The monoisotopic (exact) mass is 207 g/mol. The van der Waals surface area contributed by atoms with Crippen molar-refractivity contribution >= 4 is 5.91 Å². The first-order valence-corrected chi connectivity index (χ1v) is 5.10. The average molecular weight is 207 g/mol. The van der Waals surface area contributed by atoms with Gasteiger partial charge in [-0.05, 0) is 19.1 Å². The molecule has 82 valence electrons. The minimum Gasteiger partial charge on any atom is -0.370 e. The first-order valence-electron chi connectivity index (χ1n) is 5.10.